The monoisotopic (exact) mass is 371 g/mol. The normalized spacial score (nSPS) is 10.5. The van der Waals surface area contributed by atoms with Crippen molar-refractivity contribution in [2.24, 2.45) is 0 Å². The van der Waals surface area contributed by atoms with Gasteiger partial charge in [0.25, 0.3) is 0 Å². The Kier molecular flexibility index (Phi) is 5.09. The number of carbonyl (C=O) groups is 1. The van der Waals surface area contributed by atoms with Crippen LogP contribution in [0.3, 0.4) is 0 Å². The van der Waals surface area contributed by atoms with E-state index < -0.39 is 5.97 Å². The molecular formula is C19H17NO5S. The van der Waals surface area contributed by atoms with Gasteiger partial charge in [-0.25, -0.2) is 9.78 Å². The van der Waals surface area contributed by atoms with Gasteiger partial charge >= 0.3 is 5.97 Å². The fraction of sp³-hybridized carbons (Fsp3) is 0.158. The lowest BCUT2D eigenvalue weighted by molar-refractivity contribution is 0.0694. The third kappa shape index (κ3) is 3.48. The quantitative estimate of drug-likeness (QED) is 0.672. The molecule has 0 saturated carbocycles. The standard InChI is InChI=1S/C19H17NO5S/c1-3-25-16-7-5-12(9-17(16)24-2)18-20-14(10-26-18)11-4-6-15(21)13(8-11)19(22)23/h4-10,21H,3H2,1-2H3,(H,22,23). The van der Waals surface area contributed by atoms with Gasteiger partial charge < -0.3 is 19.7 Å². The third-order valence-electron chi connectivity index (χ3n) is 3.74. The average molecular weight is 371 g/mol. The molecule has 1 heterocycles. The highest BCUT2D eigenvalue weighted by molar-refractivity contribution is 7.13. The Morgan fingerprint density at radius 3 is 2.62 bits per heavy atom. The lowest BCUT2D eigenvalue weighted by Gasteiger charge is -2.10. The topological polar surface area (TPSA) is 88.9 Å². The van der Waals surface area contributed by atoms with Crippen LogP contribution in [0.4, 0.5) is 0 Å². The molecule has 134 valence electrons. The summed E-state index contributed by atoms with van der Waals surface area (Å²) in [6.07, 6.45) is 0. The predicted molar refractivity (Wildman–Crippen MR) is 99.3 cm³/mol. The van der Waals surface area contributed by atoms with Crippen molar-refractivity contribution < 1.29 is 24.5 Å². The number of rotatable bonds is 6. The second-order valence-corrected chi connectivity index (χ2v) is 6.23. The molecule has 7 heteroatoms. The van der Waals surface area contributed by atoms with Crippen LogP contribution in [0.2, 0.25) is 0 Å². The number of aromatic nitrogens is 1. The maximum atomic E-state index is 11.2. The van der Waals surface area contributed by atoms with Crippen LogP contribution in [0.25, 0.3) is 21.8 Å². The zero-order valence-corrected chi connectivity index (χ0v) is 15.0. The minimum Gasteiger partial charge on any atom is -0.507 e. The molecule has 0 radical (unpaired) electrons. The highest BCUT2D eigenvalue weighted by Gasteiger charge is 2.14. The number of thiazole rings is 1. The molecule has 2 N–H and O–H groups in total. The zero-order chi connectivity index (χ0) is 18.7. The summed E-state index contributed by atoms with van der Waals surface area (Å²) in [4.78, 5) is 15.8. The number of methoxy groups -OCH3 is 1. The molecule has 3 aromatic rings. The predicted octanol–water partition coefficient (Wildman–Crippen LogP) is 4.29. The first-order chi connectivity index (χ1) is 12.5. The molecule has 0 saturated heterocycles. The summed E-state index contributed by atoms with van der Waals surface area (Å²) < 4.78 is 10.9. The Hall–Kier alpha value is -3.06. The summed E-state index contributed by atoms with van der Waals surface area (Å²) in [6, 6.07) is 10.00. The largest absolute Gasteiger partial charge is 0.507 e. The van der Waals surface area contributed by atoms with E-state index in [9.17, 15) is 9.90 Å². The van der Waals surface area contributed by atoms with Crippen molar-refractivity contribution in [2.45, 2.75) is 6.92 Å². The van der Waals surface area contributed by atoms with Crippen molar-refractivity contribution in [1.29, 1.82) is 0 Å². The minimum absolute atomic E-state index is 0.153. The van der Waals surface area contributed by atoms with Crippen LogP contribution in [-0.4, -0.2) is 34.9 Å². The van der Waals surface area contributed by atoms with Gasteiger partial charge in [0, 0.05) is 16.5 Å². The lowest BCUT2D eigenvalue weighted by Crippen LogP contribution is -1.97. The first kappa shape index (κ1) is 17.8. The molecule has 0 aliphatic carbocycles. The smallest absolute Gasteiger partial charge is 0.339 e. The van der Waals surface area contributed by atoms with E-state index in [-0.39, 0.29) is 11.3 Å². The van der Waals surface area contributed by atoms with E-state index in [0.29, 0.717) is 29.4 Å². The SMILES string of the molecule is CCOc1ccc(-c2nc(-c3ccc(O)c(C(=O)O)c3)cs2)cc1OC. The lowest BCUT2D eigenvalue weighted by atomic mass is 10.1. The summed E-state index contributed by atoms with van der Waals surface area (Å²) >= 11 is 1.44. The van der Waals surface area contributed by atoms with Crippen molar-refractivity contribution in [3.8, 4) is 39.1 Å². The summed E-state index contributed by atoms with van der Waals surface area (Å²) in [5.41, 5.74) is 1.99. The van der Waals surface area contributed by atoms with Crippen LogP contribution >= 0.6 is 11.3 Å². The van der Waals surface area contributed by atoms with E-state index >= 15 is 0 Å². The van der Waals surface area contributed by atoms with Crippen LogP contribution in [0.5, 0.6) is 17.2 Å². The number of aromatic hydroxyl groups is 1. The van der Waals surface area contributed by atoms with Crippen molar-refractivity contribution in [3.63, 3.8) is 0 Å². The van der Waals surface area contributed by atoms with Gasteiger partial charge in [-0.1, -0.05) is 0 Å². The number of hydrogen-bond donors (Lipinski definition) is 2. The second-order valence-electron chi connectivity index (χ2n) is 5.37. The van der Waals surface area contributed by atoms with Gasteiger partial charge in [0.1, 0.15) is 16.3 Å². The Bertz CT molecular complexity index is 951. The van der Waals surface area contributed by atoms with Gasteiger partial charge in [0.05, 0.1) is 19.4 Å². The summed E-state index contributed by atoms with van der Waals surface area (Å²) in [5, 5.41) is 21.4. The molecule has 6 nitrogen and oxygen atoms in total. The Labute approximate surface area is 154 Å². The molecule has 0 atom stereocenters. The van der Waals surface area contributed by atoms with Crippen molar-refractivity contribution in [3.05, 3.63) is 47.3 Å². The molecule has 0 aliphatic heterocycles. The first-order valence-corrected chi connectivity index (χ1v) is 8.75. The van der Waals surface area contributed by atoms with E-state index in [2.05, 4.69) is 4.98 Å². The minimum atomic E-state index is -1.18. The van der Waals surface area contributed by atoms with Gasteiger partial charge in [-0.15, -0.1) is 11.3 Å². The van der Waals surface area contributed by atoms with Gasteiger partial charge in [-0.3, -0.25) is 0 Å². The molecule has 0 unspecified atom stereocenters. The van der Waals surface area contributed by atoms with Crippen LogP contribution in [0, 0.1) is 0 Å². The van der Waals surface area contributed by atoms with E-state index in [1.54, 1.807) is 13.2 Å². The highest BCUT2D eigenvalue weighted by atomic mass is 32.1. The van der Waals surface area contributed by atoms with Gasteiger partial charge in [0.15, 0.2) is 11.5 Å². The van der Waals surface area contributed by atoms with E-state index in [1.165, 1.54) is 23.5 Å². The fourth-order valence-corrected chi connectivity index (χ4v) is 3.31. The van der Waals surface area contributed by atoms with Crippen molar-refractivity contribution >= 4 is 17.3 Å². The van der Waals surface area contributed by atoms with Crippen LogP contribution in [0.1, 0.15) is 17.3 Å². The van der Waals surface area contributed by atoms with Crippen LogP contribution in [0.15, 0.2) is 41.8 Å². The Morgan fingerprint density at radius 2 is 1.92 bits per heavy atom. The first-order valence-electron chi connectivity index (χ1n) is 7.87. The number of ether oxygens (including phenoxy) is 2. The molecule has 26 heavy (non-hydrogen) atoms. The molecule has 0 spiro atoms. The van der Waals surface area contributed by atoms with Crippen LogP contribution in [-0.2, 0) is 0 Å². The number of carboxylic acid groups (broad SMARTS) is 1. The van der Waals surface area contributed by atoms with Crippen LogP contribution < -0.4 is 9.47 Å². The maximum absolute atomic E-state index is 11.2. The Balaban J connectivity index is 1.96. The van der Waals surface area contributed by atoms with Crippen molar-refractivity contribution in [2.75, 3.05) is 13.7 Å². The number of aromatic carboxylic acids is 1. The number of benzene rings is 2. The highest BCUT2D eigenvalue weighted by Crippen LogP contribution is 2.35. The van der Waals surface area contributed by atoms with E-state index in [1.807, 2.05) is 30.5 Å². The number of hydrogen-bond acceptors (Lipinski definition) is 6. The van der Waals surface area contributed by atoms with Gasteiger partial charge in [0.2, 0.25) is 0 Å². The van der Waals surface area contributed by atoms with E-state index in [4.69, 9.17) is 14.6 Å². The summed E-state index contributed by atoms with van der Waals surface area (Å²) in [6.45, 7) is 2.45. The number of nitrogens with zero attached hydrogens (tertiary/aromatic N) is 1. The second kappa shape index (κ2) is 7.45. The molecule has 0 bridgehead atoms. The average Bonchev–Trinajstić information content (AvgIpc) is 3.12. The third-order valence-corrected chi connectivity index (χ3v) is 4.63. The van der Waals surface area contributed by atoms with E-state index in [0.717, 1.165) is 10.6 Å². The Morgan fingerprint density at radius 1 is 1.15 bits per heavy atom. The number of phenols is 1. The fourth-order valence-electron chi connectivity index (χ4n) is 2.48. The molecule has 2 aromatic carbocycles. The summed E-state index contributed by atoms with van der Waals surface area (Å²) in [7, 11) is 1.58. The zero-order valence-electron chi connectivity index (χ0n) is 14.2. The molecule has 1 aromatic heterocycles. The van der Waals surface area contributed by atoms with Gasteiger partial charge in [-0.05, 0) is 43.3 Å². The summed E-state index contributed by atoms with van der Waals surface area (Å²) in [5.74, 6) is -0.164. The molecule has 0 fully saturated rings. The molecule has 3 rings (SSSR count). The molecule has 0 aliphatic rings. The maximum Gasteiger partial charge on any atom is 0.339 e. The van der Waals surface area contributed by atoms with Crippen molar-refractivity contribution in [1.82, 2.24) is 4.98 Å². The molecular weight excluding hydrogens is 354 g/mol. The van der Waals surface area contributed by atoms with Gasteiger partial charge in [-0.2, -0.15) is 0 Å². The number of carboxylic acids is 1. The molecule has 0 amide bonds.